The molecule has 0 unspecified atom stereocenters. The molecule has 154 valence electrons. The van der Waals surface area contributed by atoms with E-state index in [0.29, 0.717) is 30.8 Å². The van der Waals surface area contributed by atoms with Crippen LogP contribution in [0.2, 0.25) is 0 Å². The van der Waals surface area contributed by atoms with Gasteiger partial charge in [-0.1, -0.05) is 30.3 Å². The summed E-state index contributed by atoms with van der Waals surface area (Å²) < 4.78 is 26.7. The van der Waals surface area contributed by atoms with E-state index in [2.05, 4.69) is 10.6 Å². The molecular formula is C20H23N3O4S2. The monoisotopic (exact) mass is 433 g/mol. The minimum Gasteiger partial charge on any atom is -0.355 e. The number of hydrogen-bond donors (Lipinski definition) is 2. The van der Waals surface area contributed by atoms with Gasteiger partial charge in [-0.05, 0) is 30.2 Å². The van der Waals surface area contributed by atoms with Gasteiger partial charge in [-0.25, -0.2) is 8.42 Å². The van der Waals surface area contributed by atoms with Gasteiger partial charge in [-0.15, -0.1) is 11.8 Å². The van der Waals surface area contributed by atoms with Crippen LogP contribution in [0.5, 0.6) is 0 Å². The Hall–Kier alpha value is -2.36. The minimum atomic E-state index is -3.86. The molecule has 3 rings (SSSR count). The van der Waals surface area contributed by atoms with Gasteiger partial charge in [0.15, 0.2) is 0 Å². The summed E-state index contributed by atoms with van der Waals surface area (Å²) in [5.41, 5.74) is 1.58. The van der Waals surface area contributed by atoms with Crippen molar-refractivity contribution in [2.45, 2.75) is 22.6 Å². The lowest BCUT2D eigenvalue weighted by Gasteiger charge is -2.18. The van der Waals surface area contributed by atoms with Gasteiger partial charge in [0.05, 0.1) is 17.1 Å². The van der Waals surface area contributed by atoms with Gasteiger partial charge in [0.2, 0.25) is 21.8 Å². The van der Waals surface area contributed by atoms with E-state index in [0.717, 1.165) is 14.8 Å². The zero-order valence-corrected chi connectivity index (χ0v) is 17.7. The van der Waals surface area contributed by atoms with Crippen LogP contribution in [0.15, 0.2) is 58.3 Å². The number of nitrogens with zero attached hydrogens (tertiary/aromatic N) is 1. The first-order valence-electron chi connectivity index (χ1n) is 9.20. The highest BCUT2D eigenvalue weighted by molar-refractivity contribution is 7.99. The van der Waals surface area contributed by atoms with Crippen molar-refractivity contribution in [2.24, 2.45) is 0 Å². The van der Waals surface area contributed by atoms with Crippen molar-refractivity contribution in [1.82, 2.24) is 9.62 Å². The molecule has 29 heavy (non-hydrogen) atoms. The number of hydrogen-bond acceptors (Lipinski definition) is 5. The molecular weight excluding hydrogens is 410 g/mol. The van der Waals surface area contributed by atoms with Crippen molar-refractivity contribution < 1.29 is 18.0 Å². The van der Waals surface area contributed by atoms with Crippen LogP contribution in [0.4, 0.5) is 5.69 Å². The maximum atomic E-state index is 12.8. The summed E-state index contributed by atoms with van der Waals surface area (Å²) >= 11 is 1.50. The number of nitrogens with one attached hydrogen (secondary N) is 2. The summed E-state index contributed by atoms with van der Waals surface area (Å²) in [6.07, 6.45) is 1.05. The molecule has 0 bridgehead atoms. The Bertz CT molecular complexity index is 994. The molecule has 1 aliphatic heterocycles. The maximum absolute atomic E-state index is 12.8. The van der Waals surface area contributed by atoms with Crippen LogP contribution < -0.4 is 10.6 Å². The van der Waals surface area contributed by atoms with Gasteiger partial charge >= 0.3 is 0 Å². The molecule has 9 heteroatoms. The number of anilines is 1. The average molecular weight is 434 g/mol. The second-order valence-corrected chi connectivity index (χ2v) is 9.83. The Balaban J connectivity index is 1.61. The number of benzene rings is 2. The van der Waals surface area contributed by atoms with Crippen molar-refractivity contribution >= 4 is 39.3 Å². The topological polar surface area (TPSA) is 95.6 Å². The van der Waals surface area contributed by atoms with Crippen molar-refractivity contribution in [3.05, 3.63) is 54.1 Å². The zero-order chi connectivity index (χ0) is 20.9. The lowest BCUT2D eigenvalue weighted by atomic mass is 10.1. The van der Waals surface area contributed by atoms with Crippen LogP contribution >= 0.6 is 11.8 Å². The molecule has 7 nitrogen and oxygen atoms in total. The van der Waals surface area contributed by atoms with E-state index >= 15 is 0 Å². The Morgan fingerprint density at radius 2 is 1.97 bits per heavy atom. The third-order valence-corrected chi connectivity index (χ3v) is 7.34. The molecule has 0 spiro atoms. The summed E-state index contributed by atoms with van der Waals surface area (Å²) in [5, 5.41) is 5.48. The van der Waals surface area contributed by atoms with E-state index in [1.54, 1.807) is 6.07 Å². The van der Waals surface area contributed by atoms with E-state index in [4.69, 9.17) is 0 Å². The molecule has 0 aliphatic carbocycles. The van der Waals surface area contributed by atoms with Gasteiger partial charge < -0.3 is 10.6 Å². The average Bonchev–Trinajstić information content (AvgIpc) is 2.88. The first-order valence-corrected chi connectivity index (χ1v) is 11.6. The van der Waals surface area contributed by atoms with E-state index in [1.807, 2.05) is 30.3 Å². The standard InChI is InChI=1S/C20H23N3O4S2/c1-23(14-20(25)21-11-9-15-5-3-2-4-6-15)29(26,27)16-7-8-18-17(13-16)22-19(24)10-12-28-18/h2-8,13H,9-12,14H2,1H3,(H,21,25)(H,22,24). The normalized spacial score (nSPS) is 14.1. The molecule has 0 saturated heterocycles. The van der Waals surface area contributed by atoms with E-state index < -0.39 is 10.0 Å². The minimum absolute atomic E-state index is 0.0404. The fraction of sp³-hybridized carbons (Fsp3) is 0.300. The predicted octanol–water partition coefficient (Wildman–Crippen LogP) is 2.10. The van der Waals surface area contributed by atoms with Crippen LogP contribution in [-0.2, 0) is 26.0 Å². The Kier molecular flexibility index (Phi) is 6.94. The van der Waals surface area contributed by atoms with Crippen LogP contribution in [0, 0.1) is 0 Å². The number of amides is 2. The molecule has 2 amide bonds. The smallest absolute Gasteiger partial charge is 0.243 e. The number of carbonyl (C=O) groups is 2. The fourth-order valence-electron chi connectivity index (χ4n) is 2.87. The predicted molar refractivity (Wildman–Crippen MR) is 113 cm³/mol. The molecule has 0 fully saturated rings. The second-order valence-electron chi connectivity index (χ2n) is 6.65. The molecule has 0 saturated carbocycles. The highest BCUT2D eigenvalue weighted by atomic mass is 32.2. The summed E-state index contributed by atoms with van der Waals surface area (Å²) in [6, 6.07) is 14.4. The number of likely N-dealkylation sites (N-methyl/N-ethyl adjacent to an activating group) is 1. The number of rotatable bonds is 7. The summed E-state index contributed by atoms with van der Waals surface area (Å²) in [7, 11) is -2.50. The lowest BCUT2D eigenvalue weighted by molar-refractivity contribution is -0.121. The first-order chi connectivity index (χ1) is 13.9. The lowest BCUT2D eigenvalue weighted by Crippen LogP contribution is -2.39. The van der Waals surface area contributed by atoms with Crippen LogP contribution in [0.25, 0.3) is 0 Å². The largest absolute Gasteiger partial charge is 0.355 e. The van der Waals surface area contributed by atoms with Crippen molar-refractivity contribution in [1.29, 1.82) is 0 Å². The molecule has 2 aromatic carbocycles. The number of sulfonamides is 1. The molecule has 1 aliphatic rings. The van der Waals surface area contributed by atoms with Gasteiger partial charge in [-0.3, -0.25) is 9.59 Å². The van der Waals surface area contributed by atoms with E-state index in [9.17, 15) is 18.0 Å². The van der Waals surface area contributed by atoms with Gasteiger partial charge in [0.25, 0.3) is 0 Å². The molecule has 1 heterocycles. The third kappa shape index (κ3) is 5.59. The highest BCUT2D eigenvalue weighted by Crippen LogP contribution is 2.33. The highest BCUT2D eigenvalue weighted by Gasteiger charge is 2.25. The van der Waals surface area contributed by atoms with Crippen LogP contribution in [0.3, 0.4) is 0 Å². The van der Waals surface area contributed by atoms with Crippen molar-refractivity contribution in [3.8, 4) is 0 Å². The second kappa shape index (κ2) is 9.43. The summed E-state index contributed by atoms with van der Waals surface area (Å²) in [4.78, 5) is 24.8. The molecule has 2 N–H and O–H groups in total. The van der Waals surface area contributed by atoms with Crippen LogP contribution in [-0.4, -0.2) is 50.4 Å². The summed E-state index contributed by atoms with van der Waals surface area (Å²) in [6.45, 7) is 0.147. The Morgan fingerprint density at radius 3 is 2.72 bits per heavy atom. The Morgan fingerprint density at radius 1 is 1.21 bits per heavy atom. The fourth-order valence-corrected chi connectivity index (χ4v) is 4.96. The van der Waals surface area contributed by atoms with Crippen LogP contribution in [0.1, 0.15) is 12.0 Å². The van der Waals surface area contributed by atoms with Gasteiger partial charge in [0, 0.05) is 30.7 Å². The number of carbonyl (C=O) groups excluding carboxylic acids is 2. The van der Waals surface area contributed by atoms with Crippen molar-refractivity contribution in [3.63, 3.8) is 0 Å². The quantitative estimate of drug-likeness (QED) is 0.697. The number of fused-ring (bicyclic) bond motifs is 1. The zero-order valence-electron chi connectivity index (χ0n) is 16.1. The molecule has 0 radical (unpaired) electrons. The van der Waals surface area contributed by atoms with E-state index in [-0.39, 0.29) is 23.3 Å². The molecule has 0 aromatic heterocycles. The summed E-state index contributed by atoms with van der Waals surface area (Å²) in [5.74, 6) is 0.135. The number of thioether (sulfide) groups is 1. The third-order valence-electron chi connectivity index (χ3n) is 4.46. The SMILES string of the molecule is CN(CC(=O)NCCc1ccccc1)S(=O)(=O)c1ccc2c(c1)NC(=O)CCS2. The van der Waals surface area contributed by atoms with Gasteiger partial charge in [0.1, 0.15) is 0 Å². The first kappa shape index (κ1) is 21.4. The van der Waals surface area contributed by atoms with Gasteiger partial charge in [-0.2, -0.15) is 4.31 Å². The van der Waals surface area contributed by atoms with E-state index in [1.165, 1.54) is 30.9 Å². The van der Waals surface area contributed by atoms with Crippen molar-refractivity contribution in [2.75, 3.05) is 31.2 Å². The molecule has 2 aromatic rings. The molecule has 0 atom stereocenters. The Labute approximate surface area is 174 Å². The maximum Gasteiger partial charge on any atom is 0.243 e.